The lowest BCUT2D eigenvalue weighted by atomic mass is 10.1. The fourth-order valence-electron chi connectivity index (χ4n) is 2.26. The molecule has 1 heterocycles. The minimum absolute atomic E-state index is 0.121. The summed E-state index contributed by atoms with van der Waals surface area (Å²) in [5.41, 5.74) is 9.13. The van der Waals surface area contributed by atoms with E-state index >= 15 is 0 Å². The molecule has 0 atom stereocenters. The van der Waals surface area contributed by atoms with Crippen LogP contribution >= 0.6 is 0 Å². The van der Waals surface area contributed by atoms with Crippen molar-refractivity contribution >= 4 is 17.0 Å². The van der Waals surface area contributed by atoms with Crippen molar-refractivity contribution in [2.45, 2.75) is 19.5 Å². The normalized spacial score (nSPS) is 10.8. The van der Waals surface area contributed by atoms with Crippen LogP contribution in [0.3, 0.4) is 0 Å². The molecule has 0 spiro atoms. The molecule has 5 nitrogen and oxygen atoms in total. The molecule has 0 saturated carbocycles. The number of carbonyl (C=O) groups excluding carboxylic acids is 1. The lowest BCUT2D eigenvalue weighted by Crippen LogP contribution is -2.24. The van der Waals surface area contributed by atoms with Crippen molar-refractivity contribution in [3.05, 3.63) is 65.5 Å². The Kier molecular flexibility index (Phi) is 4.16. The topological polar surface area (TPSA) is 81.1 Å². The highest BCUT2D eigenvalue weighted by Gasteiger charge is 2.10. The van der Waals surface area contributed by atoms with Gasteiger partial charge < -0.3 is 15.5 Å². The highest BCUT2D eigenvalue weighted by atomic mass is 16.3. The number of nitrogens with two attached hydrogens (primary N) is 1. The monoisotopic (exact) mass is 295 g/mol. The zero-order valence-corrected chi connectivity index (χ0v) is 12.1. The molecule has 3 aromatic rings. The molecule has 1 aromatic heterocycles. The molecule has 0 aliphatic carbocycles. The van der Waals surface area contributed by atoms with Crippen molar-refractivity contribution in [1.29, 1.82) is 0 Å². The Balaban J connectivity index is 1.60. The van der Waals surface area contributed by atoms with Crippen LogP contribution in [0.25, 0.3) is 11.1 Å². The van der Waals surface area contributed by atoms with Gasteiger partial charge in [0.2, 0.25) is 11.8 Å². The maximum atomic E-state index is 12.0. The van der Waals surface area contributed by atoms with Gasteiger partial charge in [0, 0.05) is 13.1 Å². The highest BCUT2D eigenvalue weighted by molar-refractivity contribution is 5.79. The molecule has 1 amide bonds. The van der Waals surface area contributed by atoms with Gasteiger partial charge >= 0.3 is 0 Å². The third-order valence-electron chi connectivity index (χ3n) is 3.37. The van der Waals surface area contributed by atoms with Gasteiger partial charge in [-0.15, -0.1) is 0 Å². The first-order valence-corrected chi connectivity index (χ1v) is 7.13. The van der Waals surface area contributed by atoms with Gasteiger partial charge in [-0.05, 0) is 23.3 Å². The molecule has 3 rings (SSSR count). The van der Waals surface area contributed by atoms with Crippen LogP contribution in [0.15, 0.2) is 52.9 Å². The second-order valence-electron chi connectivity index (χ2n) is 5.05. The maximum absolute atomic E-state index is 12.0. The molecule has 3 N–H and O–H groups in total. The van der Waals surface area contributed by atoms with Crippen molar-refractivity contribution in [2.24, 2.45) is 5.73 Å². The van der Waals surface area contributed by atoms with E-state index in [0.717, 1.165) is 16.6 Å². The molecule has 5 heteroatoms. The quantitative estimate of drug-likeness (QED) is 0.755. The number of nitrogens with one attached hydrogen (secondary N) is 1. The Morgan fingerprint density at radius 2 is 1.95 bits per heavy atom. The van der Waals surface area contributed by atoms with Crippen LogP contribution in [0.2, 0.25) is 0 Å². The molecule has 0 bridgehead atoms. The molecule has 0 fully saturated rings. The van der Waals surface area contributed by atoms with Gasteiger partial charge in [0.05, 0.1) is 0 Å². The molecule has 112 valence electrons. The van der Waals surface area contributed by atoms with Crippen LogP contribution in [-0.2, 0) is 24.3 Å². The van der Waals surface area contributed by atoms with Gasteiger partial charge in [-0.3, -0.25) is 4.79 Å². The summed E-state index contributed by atoms with van der Waals surface area (Å²) < 4.78 is 5.54. The second kappa shape index (κ2) is 6.41. The second-order valence-corrected chi connectivity index (χ2v) is 5.05. The first kappa shape index (κ1) is 14.3. The summed E-state index contributed by atoms with van der Waals surface area (Å²) >= 11 is 0. The van der Waals surface area contributed by atoms with Crippen LogP contribution < -0.4 is 11.1 Å². The Hall–Kier alpha value is -2.66. The van der Waals surface area contributed by atoms with Crippen LogP contribution in [0.5, 0.6) is 0 Å². The van der Waals surface area contributed by atoms with Gasteiger partial charge in [-0.25, -0.2) is 4.98 Å². The summed E-state index contributed by atoms with van der Waals surface area (Å²) in [7, 11) is 0. The first-order chi connectivity index (χ1) is 10.7. The Morgan fingerprint density at radius 3 is 2.77 bits per heavy atom. The number of amides is 1. The summed E-state index contributed by atoms with van der Waals surface area (Å²) in [6, 6.07) is 15.3. The van der Waals surface area contributed by atoms with Crippen molar-refractivity contribution in [2.75, 3.05) is 0 Å². The third-order valence-corrected chi connectivity index (χ3v) is 3.37. The van der Waals surface area contributed by atoms with E-state index in [1.807, 2.05) is 48.5 Å². The summed E-state index contributed by atoms with van der Waals surface area (Å²) in [5, 5.41) is 2.86. The number of hydrogen-bond acceptors (Lipinski definition) is 4. The van der Waals surface area contributed by atoms with Crippen molar-refractivity contribution < 1.29 is 9.21 Å². The predicted octanol–water partition coefficient (Wildman–Crippen LogP) is 2.15. The number of fused-ring (bicyclic) bond motifs is 1. The molecule has 22 heavy (non-hydrogen) atoms. The highest BCUT2D eigenvalue weighted by Crippen LogP contribution is 2.14. The fourth-order valence-corrected chi connectivity index (χ4v) is 2.26. The lowest BCUT2D eigenvalue weighted by Gasteiger charge is -2.05. The molecular weight excluding hydrogens is 278 g/mol. The molecule has 0 radical (unpaired) electrons. The zero-order valence-electron chi connectivity index (χ0n) is 12.1. The maximum Gasteiger partial charge on any atom is 0.229 e. The number of rotatable bonds is 5. The summed E-state index contributed by atoms with van der Waals surface area (Å²) in [6.45, 7) is 0.956. The number of nitrogens with zero attached hydrogens (tertiary/aromatic N) is 1. The van der Waals surface area contributed by atoms with Crippen LogP contribution in [0.4, 0.5) is 0 Å². The van der Waals surface area contributed by atoms with Gasteiger partial charge in [-0.1, -0.05) is 36.4 Å². The largest absolute Gasteiger partial charge is 0.440 e. The number of aromatic nitrogens is 1. The van der Waals surface area contributed by atoms with Crippen LogP contribution in [0, 0.1) is 0 Å². The lowest BCUT2D eigenvalue weighted by molar-refractivity contribution is -0.120. The van der Waals surface area contributed by atoms with E-state index in [0.29, 0.717) is 24.6 Å². The molecule has 0 aliphatic heterocycles. The van der Waals surface area contributed by atoms with E-state index in [4.69, 9.17) is 10.2 Å². The van der Waals surface area contributed by atoms with Gasteiger partial charge in [0.25, 0.3) is 0 Å². The van der Waals surface area contributed by atoms with Gasteiger partial charge in [0.15, 0.2) is 5.58 Å². The molecule has 0 saturated heterocycles. The SMILES string of the molecule is NCc1cccc(CNC(=O)Cc2nc3ccccc3o2)c1. The molecule has 0 unspecified atom stereocenters. The molecular formula is C17H17N3O2. The van der Waals surface area contributed by atoms with Gasteiger partial charge in [-0.2, -0.15) is 0 Å². The fraction of sp³-hybridized carbons (Fsp3) is 0.176. The van der Waals surface area contributed by atoms with Crippen molar-refractivity contribution in [3.8, 4) is 0 Å². The van der Waals surface area contributed by atoms with Crippen LogP contribution in [0.1, 0.15) is 17.0 Å². The van der Waals surface area contributed by atoms with Crippen molar-refractivity contribution in [3.63, 3.8) is 0 Å². The van der Waals surface area contributed by atoms with E-state index < -0.39 is 0 Å². The van der Waals surface area contributed by atoms with E-state index in [2.05, 4.69) is 10.3 Å². The average Bonchev–Trinajstić information content (AvgIpc) is 2.95. The summed E-state index contributed by atoms with van der Waals surface area (Å²) in [5.74, 6) is 0.305. The molecule has 0 aliphatic rings. The molecule has 2 aromatic carbocycles. The minimum atomic E-state index is -0.121. The van der Waals surface area contributed by atoms with E-state index in [-0.39, 0.29) is 12.3 Å². The van der Waals surface area contributed by atoms with Crippen molar-refractivity contribution in [1.82, 2.24) is 10.3 Å². The van der Waals surface area contributed by atoms with E-state index in [9.17, 15) is 4.79 Å². The number of carbonyl (C=O) groups is 1. The first-order valence-electron chi connectivity index (χ1n) is 7.13. The van der Waals surface area contributed by atoms with Gasteiger partial charge in [0.1, 0.15) is 11.9 Å². The average molecular weight is 295 g/mol. The number of para-hydroxylation sites is 2. The summed E-state index contributed by atoms with van der Waals surface area (Å²) in [6.07, 6.45) is 0.130. The standard InChI is InChI=1S/C17H17N3O2/c18-10-12-4-3-5-13(8-12)11-19-16(21)9-17-20-14-6-1-2-7-15(14)22-17/h1-8H,9-11,18H2,(H,19,21). The van der Waals surface area contributed by atoms with E-state index in [1.165, 1.54) is 0 Å². The smallest absolute Gasteiger partial charge is 0.229 e. The Morgan fingerprint density at radius 1 is 1.14 bits per heavy atom. The van der Waals surface area contributed by atoms with E-state index in [1.54, 1.807) is 0 Å². The summed E-state index contributed by atoms with van der Waals surface area (Å²) in [4.78, 5) is 16.3. The number of hydrogen-bond donors (Lipinski definition) is 2. The zero-order chi connectivity index (χ0) is 15.4. The minimum Gasteiger partial charge on any atom is -0.440 e. The van der Waals surface area contributed by atoms with Crippen LogP contribution in [-0.4, -0.2) is 10.9 Å². The Labute approximate surface area is 128 Å². The predicted molar refractivity (Wildman–Crippen MR) is 83.9 cm³/mol. The third kappa shape index (κ3) is 3.32. The Bertz CT molecular complexity index is 762. The number of oxazole rings is 1. The number of benzene rings is 2.